The van der Waals surface area contributed by atoms with E-state index in [1.165, 1.54) is 11.3 Å². The minimum Gasteiger partial charge on any atom is -0.328 e. The molecule has 2 rings (SSSR count). The lowest BCUT2D eigenvalue weighted by Crippen LogP contribution is -2.39. The molecule has 0 atom stereocenters. The SMILES string of the molecule is NC1CCC(NCC(=O)c2cccs2)CC1. The predicted octanol–water partition coefficient (Wildman–Crippen LogP) is 1.79. The summed E-state index contributed by atoms with van der Waals surface area (Å²) in [7, 11) is 0. The molecule has 3 N–H and O–H groups in total. The van der Waals surface area contributed by atoms with E-state index in [0.717, 1.165) is 30.6 Å². The fraction of sp³-hybridized carbons (Fsp3) is 0.583. The lowest BCUT2D eigenvalue weighted by atomic mass is 9.92. The maximum absolute atomic E-state index is 11.7. The van der Waals surface area contributed by atoms with Crippen LogP contribution in [0.1, 0.15) is 35.4 Å². The molecule has 1 heterocycles. The van der Waals surface area contributed by atoms with Crippen LogP contribution in [0.4, 0.5) is 0 Å². The molecule has 0 amide bonds. The van der Waals surface area contributed by atoms with Crippen molar-refractivity contribution in [2.45, 2.75) is 37.8 Å². The van der Waals surface area contributed by atoms with E-state index < -0.39 is 0 Å². The summed E-state index contributed by atoms with van der Waals surface area (Å²) in [6.45, 7) is 0.459. The van der Waals surface area contributed by atoms with E-state index in [2.05, 4.69) is 5.32 Å². The van der Waals surface area contributed by atoms with E-state index >= 15 is 0 Å². The maximum atomic E-state index is 11.7. The lowest BCUT2D eigenvalue weighted by molar-refractivity contribution is 0.0988. The quantitative estimate of drug-likeness (QED) is 0.786. The molecule has 3 nitrogen and oxygen atoms in total. The van der Waals surface area contributed by atoms with Gasteiger partial charge in [-0.15, -0.1) is 11.3 Å². The molecule has 1 aromatic heterocycles. The third-order valence-electron chi connectivity index (χ3n) is 3.12. The van der Waals surface area contributed by atoms with Crippen molar-refractivity contribution in [3.05, 3.63) is 22.4 Å². The van der Waals surface area contributed by atoms with Gasteiger partial charge in [0.2, 0.25) is 0 Å². The number of hydrogen-bond donors (Lipinski definition) is 2. The third-order valence-corrected chi connectivity index (χ3v) is 4.03. The first-order chi connectivity index (χ1) is 7.75. The highest BCUT2D eigenvalue weighted by atomic mass is 32.1. The molecular weight excluding hydrogens is 220 g/mol. The van der Waals surface area contributed by atoms with Gasteiger partial charge >= 0.3 is 0 Å². The summed E-state index contributed by atoms with van der Waals surface area (Å²) in [5.74, 6) is 0.199. The lowest BCUT2D eigenvalue weighted by Gasteiger charge is -2.26. The standard InChI is InChI=1S/C12H18N2OS/c13-9-3-5-10(6-4-9)14-8-11(15)12-2-1-7-16-12/h1-2,7,9-10,14H,3-6,8,13H2. The molecule has 0 saturated heterocycles. The van der Waals surface area contributed by atoms with Gasteiger partial charge in [0.1, 0.15) is 0 Å². The number of nitrogens with two attached hydrogens (primary N) is 1. The van der Waals surface area contributed by atoms with Gasteiger partial charge in [-0.1, -0.05) is 6.07 Å². The molecule has 0 bridgehead atoms. The van der Waals surface area contributed by atoms with Crippen LogP contribution >= 0.6 is 11.3 Å². The second-order valence-corrected chi connectivity index (χ2v) is 5.34. The minimum absolute atomic E-state index is 0.199. The second kappa shape index (κ2) is 5.57. The number of hydrogen-bond acceptors (Lipinski definition) is 4. The van der Waals surface area contributed by atoms with E-state index in [1.54, 1.807) is 0 Å². The fourth-order valence-electron chi connectivity index (χ4n) is 2.08. The number of carbonyl (C=O) groups is 1. The average Bonchev–Trinajstić information content (AvgIpc) is 2.81. The van der Waals surface area contributed by atoms with Gasteiger partial charge in [0, 0.05) is 12.1 Å². The van der Waals surface area contributed by atoms with Crippen LogP contribution in [0.15, 0.2) is 17.5 Å². The first-order valence-electron chi connectivity index (χ1n) is 5.81. The molecule has 16 heavy (non-hydrogen) atoms. The Bertz CT molecular complexity index is 329. The summed E-state index contributed by atoms with van der Waals surface area (Å²) in [5, 5.41) is 5.27. The van der Waals surface area contributed by atoms with Crippen molar-refractivity contribution in [1.82, 2.24) is 5.32 Å². The van der Waals surface area contributed by atoms with Crippen molar-refractivity contribution in [2.24, 2.45) is 5.73 Å². The van der Waals surface area contributed by atoms with Crippen LogP contribution in [0.2, 0.25) is 0 Å². The summed E-state index contributed by atoms with van der Waals surface area (Å²) in [5.41, 5.74) is 5.84. The summed E-state index contributed by atoms with van der Waals surface area (Å²) >= 11 is 1.51. The fourth-order valence-corrected chi connectivity index (χ4v) is 2.75. The summed E-state index contributed by atoms with van der Waals surface area (Å²) in [4.78, 5) is 12.6. The highest BCUT2D eigenvalue weighted by Gasteiger charge is 2.18. The Labute approximate surface area is 100 Å². The molecule has 0 radical (unpaired) electrons. The number of rotatable bonds is 4. The zero-order valence-corrected chi connectivity index (χ0v) is 10.1. The van der Waals surface area contributed by atoms with Crippen molar-refractivity contribution < 1.29 is 4.79 Å². The van der Waals surface area contributed by atoms with Gasteiger partial charge in [-0.3, -0.25) is 4.79 Å². The Morgan fingerprint density at radius 2 is 2.19 bits per heavy atom. The molecule has 88 valence electrons. The van der Waals surface area contributed by atoms with E-state index in [-0.39, 0.29) is 5.78 Å². The van der Waals surface area contributed by atoms with E-state index in [0.29, 0.717) is 18.6 Å². The smallest absolute Gasteiger partial charge is 0.186 e. The Morgan fingerprint density at radius 3 is 2.81 bits per heavy atom. The molecule has 0 unspecified atom stereocenters. The van der Waals surface area contributed by atoms with Crippen LogP contribution in [0.5, 0.6) is 0 Å². The minimum atomic E-state index is 0.199. The van der Waals surface area contributed by atoms with Crippen LogP contribution in [0.25, 0.3) is 0 Å². The third kappa shape index (κ3) is 3.14. The number of nitrogens with one attached hydrogen (secondary N) is 1. The topological polar surface area (TPSA) is 55.1 Å². The summed E-state index contributed by atoms with van der Waals surface area (Å²) in [6, 6.07) is 4.64. The van der Waals surface area contributed by atoms with Crippen LogP contribution in [-0.2, 0) is 0 Å². The first kappa shape index (κ1) is 11.8. The molecule has 4 heteroatoms. The van der Waals surface area contributed by atoms with E-state index in [9.17, 15) is 4.79 Å². The monoisotopic (exact) mass is 238 g/mol. The zero-order chi connectivity index (χ0) is 11.4. The number of ketones is 1. The van der Waals surface area contributed by atoms with Gasteiger partial charge in [-0.2, -0.15) is 0 Å². The van der Waals surface area contributed by atoms with Crippen LogP contribution in [0, 0.1) is 0 Å². The molecule has 1 aromatic rings. The van der Waals surface area contributed by atoms with Gasteiger partial charge in [0.25, 0.3) is 0 Å². The number of carbonyl (C=O) groups excluding carboxylic acids is 1. The van der Waals surface area contributed by atoms with Gasteiger partial charge in [-0.25, -0.2) is 0 Å². The molecule has 1 aliphatic carbocycles. The molecule has 0 spiro atoms. The highest BCUT2D eigenvalue weighted by Crippen LogP contribution is 2.17. The molecule has 0 aromatic carbocycles. The van der Waals surface area contributed by atoms with Crippen molar-refractivity contribution in [3.63, 3.8) is 0 Å². The molecular formula is C12H18N2OS. The van der Waals surface area contributed by atoms with Crippen LogP contribution in [-0.4, -0.2) is 24.4 Å². The van der Waals surface area contributed by atoms with E-state index in [4.69, 9.17) is 5.73 Å². The van der Waals surface area contributed by atoms with Crippen LogP contribution in [0.3, 0.4) is 0 Å². The first-order valence-corrected chi connectivity index (χ1v) is 6.69. The zero-order valence-electron chi connectivity index (χ0n) is 9.32. The molecule has 1 saturated carbocycles. The van der Waals surface area contributed by atoms with Crippen molar-refractivity contribution in [2.75, 3.05) is 6.54 Å². The van der Waals surface area contributed by atoms with Crippen molar-refractivity contribution in [1.29, 1.82) is 0 Å². The largest absolute Gasteiger partial charge is 0.328 e. The van der Waals surface area contributed by atoms with Gasteiger partial charge in [0.05, 0.1) is 11.4 Å². The van der Waals surface area contributed by atoms with Gasteiger partial charge in [-0.05, 0) is 37.1 Å². The Morgan fingerprint density at radius 1 is 1.44 bits per heavy atom. The van der Waals surface area contributed by atoms with Gasteiger partial charge < -0.3 is 11.1 Å². The maximum Gasteiger partial charge on any atom is 0.186 e. The Balaban J connectivity index is 1.73. The number of Topliss-reactive ketones (excluding diaryl/α,β-unsaturated/α-hetero) is 1. The van der Waals surface area contributed by atoms with Gasteiger partial charge in [0.15, 0.2) is 5.78 Å². The average molecular weight is 238 g/mol. The van der Waals surface area contributed by atoms with Crippen molar-refractivity contribution >= 4 is 17.1 Å². The second-order valence-electron chi connectivity index (χ2n) is 4.39. The highest BCUT2D eigenvalue weighted by molar-refractivity contribution is 7.12. The Hall–Kier alpha value is -0.710. The normalized spacial score (nSPS) is 25.6. The molecule has 0 aliphatic heterocycles. The predicted molar refractivity (Wildman–Crippen MR) is 66.9 cm³/mol. The summed E-state index contributed by atoms with van der Waals surface area (Å²) in [6.07, 6.45) is 4.34. The van der Waals surface area contributed by atoms with E-state index in [1.807, 2.05) is 17.5 Å². The van der Waals surface area contributed by atoms with Crippen molar-refractivity contribution in [3.8, 4) is 0 Å². The summed E-state index contributed by atoms with van der Waals surface area (Å²) < 4.78 is 0. The molecule has 1 aliphatic rings. The number of thiophene rings is 1. The molecule has 1 fully saturated rings. The Kier molecular flexibility index (Phi) is 4.09. The van der Waals surface area contributed by atoms with Crippen LogP contribution < -0.4 is 11.1 Å².